The summed E-state index contributed by atoms with van der Waals surface area (Å²) < 4.78 is 13.9. The Morgan fingerprint density at radius 3 is 2.59 bits per heavy atom. The molecule has 1 N–H and O–H groups in total. The van der Waals surface area contributed by atoms with Crippen molar-refractivity contribution in [1.82, 2.24) is 0 Å². The van der Waals surface area contributed by atoms with Crippen LogP contribution in [0.1, 0.15) is 18.6 Å². The Morgan fingerprint density at radius 2 is 1.76 bits per heavy atom. The Kier molecular flexibility index (Phi) is 2.30. The van der Waals surface area contributed by atoms with Crippen molar-refractivity contribution in [2.45, 2.75) is 18.6 Å². The number of benzene rings is 2. The molecular formula is C15H14O2. The summed E-state index contributed by atoms with van der Waals surface area (Å²) in [7, 11) is 0. The molecule has 2 aromatic carbocycles. The lowest BCUT2D eigenvalue weighted by molar-refractivity contribution is 0.0208. The Balaban J connectivity index is 2.02. The fraction of sp³-hybridized carbons (Fsp3) is 0.200. The number of hydrogen-bond donors (Lipinski definition) is 1. The summed E-state index contributed by atoms with van der Waals surface area (Å²) in [6.45, 7) is 0. The normalized spacial score (nSPS) is 27.8. The van der Waals surface area contributed by atoms with Gasteiger partial charge in [-0.15, -0.1) is 0 Å². The molecule has 0 bridgehead atoms. The predicted octanol–water partition coefficient (Wildman–Crippen LogP) is 2.72. The van der Waals surface area contributed by atoms with E-state index in [1.165, 1.54) is 0 Å². The van der Waals surface area contributed by atoms with E-state index in [-0.39, 0.29) is 6.42 Å². The van der Waals surface area contributed by atoms with E-state index in [9.17, 15) is 5.11 Å². The maximum Gasteiger partial charge on any atom is 0.150 e. The predicted molar refractivity (Wildman–Crippen MR) is 66.0 cm³/mol. The third kappa shape index (κ3) is 1.92. The van der Waals surface area contributed by atoms with E-state index in [2.05, 4.69) is 0 Å². The fourth-order valence-corrected chi connectivity index (χ4v) is 2.14. The quantitative estimate of drug-likeness (QED) is 0.811. The summed E-state index contributed by atoms with van der Waals surface area (Å²) in [5.41, 5.74) is 1.70. The maximum atomic E-state index is 10.3. The number of fused-ring (bicyclic) bond motifs is 1. The first-order valence-corrected chi connectivity index (χ1v) is 5.69. The summed E-state index contributed by atoms with van der Waals surface area (Å²) in [5.74, 6) is 0.753. The molecule has 1 aliphatic heterocycles. The topological polar surface area (TPSA) is 29.5 Å². The average Bonchev–Trinajstić information content (AvgIpc) is 2.38. The highest BCUT2D eigenvalue weighted by Gasteiger charge is 2.29. The van der Waals surface area contributed by atoms with E-state index in [1.807, 2.05) is 54.6 Å². The molecule has 2 atom stereocenters. The van der Waals surface area contributed by atoms with Gasteiger partial charge in [0.25, 0.3) is 0 Å². The molecule has 2 nitrogen and oxygen atoms in total. The minimum Gasteiger partial charge on any atom is -0.483 e. The van der Waals surface area contributed by atoms with Gasteiger partial charge in [-0.2, -0.15) is 0 Å². The molecule has 2 heteroatoms. The van der Waals surface area contributed by atoms with Gasteiger partial charge in [0.05, 0.1) is 7.45 Å². The lowest BCUT2D eigenvalue weighted by Gasteiger charge is -2.30. The van der Waals surface area contributed by atoms with E-state index in [1.54, 1.807) is 0 Å². The SMILES string of the molecule is [2H]C1(O)Cc2ccccc2OC1c1ccccc1. The van der Waals surface area contributed by atoms with Crippen molar-refractivity contribution >= 4 is 0 Å². The smallest absolute Gasteiger partial charge is 0.150 e. The highest BCUT2D eigenvalue weighted by atomic mass is 16.5. The van der Waals surface area contributed by atoms with Crippen molar-refractivity contribution < 1.29 is 11.2 Å². The van der Waals surface area contributed by atoms with Crippen molar-refractivity contribution in [3.8, 4) is 5.75 Å². The van der Waals surface area contributed by atoms with Crippen molar-refractivity contribution in [3.05, 3.63) is 65.7 Å². The van der Waals surface area contributed by atoms with Crippen LogP contribution in [-0.4, -0.2) is 11.2 Å². The molecule has 2 aromatic rings. The van der Waals surface area contributed by atoms with Crippen LogP contribution < -0.4 is 4.74 Å². The van der Waals surface area contributed by atoms with E-state index >= 15 is 0 Å². The first kappa shape index (κ1) is 9.25. The number of ether oxygens (including phenoxy) is 1. The molecule has 0 radical (unpaired) electrons. The molecule has 0 saturated heterocycles. The van der Waals surface area contributed by atoms with Gasteiger partial charge >= 0.3 is 0 Å². The van der Waals surface area contributed by atoms with Crippen molar-refractivity contribution in [2.75, 3.05) is 0 Å². The number of para-hydroxylation sites is 1. The molecule has 0 spiro atoms. The molecule has 0 saturated carbocycles. The van der Waals surface area contributed by atoms with Crippen LogP contribution in [0.2, 0.25) is 0 Å². The number of aliphatic hydroxyl groups is 1. The molecule has 86 valence electrons. The van der Waals surface area contributed by atoms with E-state index in [4.69, 9.17) is 6.11 Å². The monoisotopic (exact) mass is 227 g/mol. The van der Waals surface area contributed by atoms with Gasteiger partial charge in [0.2, 0.25) is 0 Å². The Bertz CT molecular complexity index is 551. The maximum absolute atomic E-state index is 10.3. The van der Waals surface area contributed by atoms with Gasteiger partial charge in [-0.3, -0.25) is 0 Å². The van der Waals surface area contributed by atoms with Crippen molar-refractivity contribution in [2.24, 2.45) is 0 Å². The first-order valence-electron chi connectivity index (χ1n) is 6.19. The molecule has 0 aromatic heterocycles. The molecule has 0 amide bonds. The standard InChI is InChI=1S/C15H14O2/c16-13-10-12-8-4-5-9-14(12)17-15(13)11-6-2-1-3-7-11/h1-9,13,15-16H,10H2/i13D. The van der Waals surface area contributed by atoms with Crippen LogP contribution in [0.25, 0.3) is 0 Å². The zero-order chi connectivity index (χ0) is 12.6. The summed E-state index contributed by atoms with van der Waals surface area (Å²) in [6.07, 6.45) is -1.99. The van der Waals surface area contributed by atoms with Crippen molar-refractivity contribution in [1.29, 1.82) is 0 Å². The van der Waals surface area contributed by atoms with Crippen molar-refractivity contribution in [3.63, 3.8) is 0 Å². The summed E-state index contributed by atoms with van der Waals surface area (Å²) in [6, 6.07) is 17.0. The molecule has 1 aliphatic rings. The van der Waals surface area contributed by atoms with Gasteiger partial charge in [-0.25, -0.2) is 0 Å². The highest BCUT2D eigenvalue weighted by molar-refractivity contribution is 5.37. The molecule has 17 heavy (non-hydrogen) atoms. The van der Waals surface area contributed by atoms with E-state index in [0.717, 1.165) is 16.9 Å². The first-order chi connectivity index (χ1) is 8.67. The molecule has 2 unspecified atom stereocenters. The second-order valence-corrected chi connectivity index (χ2v) is 4.18. The van der Waals surface area contributed by atoms with Crippen LogP contribution >= 0.6 is 0 Å². The second-order valence-electron chi connectivity index (χ2n) is 4.18. The van der Waals surface area contributed by atoms with Crippen LogP contribution in [0.5, 0.6) is 5.75 Å². The van der Waals surface area contributed by atoms with Crippen LogP contribution in [-0.2, 0) is 6.42 Å². The highest BCUT2D eigenvalue weighted by Crippen LogP contribution is 2.34. The van der Waals surface area contributed by atoms with Crippen LogP contribution in [0.4, 0.5) is 0 Å². The zero-order valence-electron chi connectivity index (χ0n) is 10.3. The molecule has 3 rings (SSSR count). The third-order valence-corrected chi connectivity index (χ3v) is 2.99. The van der Waals surface area contributed by atoms with Gasteiger partial charge in [-0.05, 0) is 17.2 Å². The molecule has 0 fully saturated rings. The van der Waals surface area contributed by atoms with E-state index < -0.39 is 12.2 Å². The molecular weight excluding hydrogens is 212 g/mol. The van der Waals surface area contributed by atoms with Gasteiger partial charge in [-0.1, -0.05) is 48.5 Å². The Labute approximate surface area is 102 Å². The lowest BCUT2D eigenvalue weighted by Crippen LogP contribution is -2.30. The van der Waals surface area contributed by atoms with Gasteiger partial charge in [0, 0.05) is 6.42 Å². The lowest BCUT2D eigenvalue weighted by atomic mass is 9.95. The Morgan fingerprint density at radius 1 is 1.06 bits per heavy atom. The van der Waals surface area contributed by atoms with Crippen LogP contribution in [0.3, 0.4) is 0 Å². The fourth-order valence-electron chi connectivity index (χ4n) is 2.14. The summed E-state index contributed by atoms with van der Waals surface area (Å²) in [5, 5.41) is 10.3. The van der Waals surface area contributed by atoms with Gasteiger partial charge in [0.1, 0.15) is 11.9 Å². The molecule has 0 aliphatic carbocycles. The number of hydrogen-bond acceptors (Lipinski definition) is 2. The average molecular weight is 227 g/mol. The van der Waals surface area contributed by atoms with E-state index in [0.29, 0.717) is 0 Å². The largest absolute Gasteiger partial charge is 0.483 e. The Hall–Kier alpha value is -1.80. The zero-order valence-corrected chi connectivity index (χ0v) is 9.34. The summed E-state index contributed by atoms with van der Waals surface area (Å²) in [4.78, 5) is 0. The van der Waals surface area contributed by atoms with Gasteiger partial charge in [0.15, 0.2) is 0 Å². The minimum absolute atomic E-state index is 0.280. The molecule has 1 heterocycles. The second kappa shape index (κ2) is 4.22. The van der Waals surface area contributed by atoms with Crippen LogP contribution in [0, 0.1) is 0 Å². The summed E-state index contributed by atoms with van der Waals surface area (Å²) >= 11 is 0. The van der Waals surface area contributed by atoms with Crippen LogP contribution in [0.15, 0.2) is 54.6 Å². The third-order valence-electron chi connectivity index (χ3n) is 2.99. The van der Waals surface area contributed by atoms with Gasteiger partial charge < -0.3 is 9.84 Å². The minimum atomic E-state index is -1.63. The number of rotatable bonds is 1.